The summed E-state index contributed by atoms with van der Waals surface area (Å²) in [7, 11) is 1.63. The number of hydrogen-bond donors (Lipinski definition) is 3. The molecule has 1 heterocycles. The van der Waals surface area contributed by atoms with Gasteiger partial charge in [0.15, 0.2) is 5.82 Å². The second kappa shape index (κ2) is 9.67. The lowest BCUT2D eigenvalue weighted by molar-refractivity contribution is -0.121. The van der Waals surface area contributed by atoms with E-state index in [-0.39, 0.29) is 5.91 Å². The fourth-order valence-electron chi connectivity index (χ4n) is 2.30. The zero-order valence-electron chi connectivity index (χ0n) is 14.0. The summed E-state index contributed by atoms with van der Waals surface area (Å²) in [6.45, 7) is 1.07. The lowest BCUT2D eigenvalue weighted by Crippen LogP contribution is -2.23. The lowest BCUT2D eigenvalue weighted by atomic mass is 10.1. The van der Waals surface area contributed by atoms with Crippen LogP contribution in [0.25, 0.3) is 11.4 Å². The second-order valence-corrected chi connectivity index (χ2v) is 5.56. The molecule has 7 heteroatoms. The zero-order chi connectivity index (χ0) is 17.2. The Bertz CT molecular complexity index is 624. The van der Waals surface area contributed by atoms with Crippen molar-refractivity contribution in [1.82, 2.24) is 20.5 Å². The SMILES string of the molecule is COc1ccc(-c2n[nH]c(CNC(=O)CCCCCCN)n2)cc1. The van der Waals surface area contributed by atoms with Crippen LogP contribution in [0.4, 0.5) is 0 Å². The summed E-state index contributed by atoms with van der Waals surface area (Å²) < 4.78 is 5.13. The minimum Gasteiger partial charge on any atom is -0.497 e. The van der Waals surface area contributed by atoms with Gasteiger partial charge in [-0.15, -0.1) is 0 Å². The highest BCUT2D eigenvalue weighted by Crippen LogP contribution is 2.18. The van der Waals surface area contributed by atoms with Crippen LogP contribution in [0, 0.1) is 0 Å². The van der Waals surface area contributed by atoms with Crippen LogP contribution in [0.5, 0.6) is 5.75 Å². The van der Waals surface area contributed by atoms with Crippen LogP contribution in [0.1, 0.15) is 37.9 Å². The number of hydrogen-bond acceptors (Lipinski definition) is 5. The van der Waals surface area contributed by atoms with Crippen LogP contribution in [-0.4, -0.2) is 34.7 Å². The number of amides is 1. The molecule has 0 spiro atoms. The van der Waals surface area contributed by atoms with Crippen LogP contribution in [0.2, 0.25) is 0 Å². The van der Waals surface area contributed by atoms with Crippen LogP contribution in [0.3, 0.4) is 0 Å². The van der Waals surface area contributed by atoms with Crippen molar-refractivity contribution in [1.29, 1.82) is 0 Å². The van der Waals surface area contributed by atoms with Crippen molar-refractivity contribution in [3.05, 3.63) is 30.1 Å². The molecular weight excluding hydrogens is 306 g/mol. The van der Waals surface area contributed by atoms with Crippen LogP contribution < -0.4 is 15.8 Å². The maximum Gasteiger partial charge on any atom is 0.220 e. The highest BCUT2D eigenvalue weighted by Gasteiger charge is 2.07. The molecule has 0 bridgehead atoms. The van der Waals surface area contributed by atoms with E-state index in [0.29, 0.717) is 31.2 Å². The number of aromatic amines is 1. The third kappa shape index (κ3) is 5.66. The number of aromatic nitrogens is 3. The third-order valence-corrected chi connectivity index (χ3v) is 3.69. The first kappa shape index (κ1) is 17.9. The molecule has 0 unspecified atom stereocenters. The minimum absolute atomic E-state index is 0.0325. The van der Waals surface area contributed by atoms with Gasteiger partial charge in [-0.1, -0.05) is 12.8 Å². The molecule has 0 aliphatic carbocycles. The first-order chi connectivity index (χ1) is 11.7. The number of carbonyl (C=O) groups excluding carboxylic acids is 1. The van der Waals surface area contributed by atoms with Gasteiger partial charge in [0.25, 0.3) is 0 Å². The van der Waals surface area contributed by atoms with Crippen LogP contribution in [0.15, 0.2) is 24.3 Å². The third-order valence-electron chi connectivity index (χ3n) is 3.69. The van der Waals surface area contributed by atoms with Crippen molar-refractivity contribution in [3.63, 3.8) is 0 Å². The Kier molecular flexibility index (Phi) is 7.22. The van der Waals surface area contributed by atoms with Gasteiger partial charge >= 0.3 is 0 Å². The number of methoxy groups -OCH3 is 1. The smallest absolute Gasteiger partial charge is 0.220 e. The van der Waals surface area contributed by atoms with E-state index in [9.17, 15) is 4.79 Å². The van der Waals surface area contributed by atoms with E-state index in [1.165, 1.54) is 0 Å². The Morgan fingerprint density at radius 3 is 2.67 bits per heavy atom. The van der Waals surface area contributed by atoms with Crippen molar-refractivity contribution in [2.45, 2.75) is 38.6 Å². The van der Waals surface area contributed by atoms with Gasteiger partial charge in [0.2, 0.25) is 5.91 Å². The van der Waals surface area contributed by atoms with E-state index in [4.69, 9.17) is 10.5 Å². The number of unbranched alkanes of at least 4 members (excludes halogenated alkanes) is 3. The summed E-state index contributed by atoms with van der Waals surface area (Å²) >= 11 is 0. The molecule has 24 heavy (non-hydrogen) atoms. The van der Waals surface area contributed by atoms with Gasteiger partial charge in [-0.05, 0) is 43.7 Å². The number of rotatable bonds is 10. The van der Waals surface area contributed by atoms with Gasteiger partial charge in [-0.3, -0.25) is 9.89 Å². The van der Waals surface area contributed by atoms with Gasteiger partial charge < -0.3 is 15.8 Å². The van der Waals surface area contributed by atoms with Gasteiger partial charge in [0.05, 0.1) is 13.7 Å². The molecule has 0 atom stereocenters. The molecule has 4 N–H and O–H groups in total. The van der Waals surface area contributed by atoms with Gasteiger partial charge in [0.1, 0.15) is 11.6 Å². The molecule has 0 saturated heterocycles. The molecule has 2 aromatic rings. The topological polar surface area (TPSA) is 106 Å². The molecule has 0 radical (unpaired) electrons. The number of benzene rings is 1. The summed E-state index contributed by atoms with van der Waals surface area (Å²) in [5.41, 5.74) is 6.33. The van der Waals surface area contributed by atoms with Gasteiger partial charge in [-0.25, -0.2) is 4.98 Å². The van der Waals surface area contributed by atoms with Crippen molar-refractivity contribution >= 4 is 5.91 Å². The average molecular weight is 331 g/mol. The Hall–Kier alpha value is -2.41. The summed E-state index contributed by atoms with van der Waals surface area (Å²) in [5, 5.41) is 9.88. The molecule has 130 valence electrons. The molecule has 1 aromatic heterocycles. The Morgan fingerprint density at radius 1 is 1.21 bits per heavy atom. The monoisotopic (exact) mass is 331 g/mol. The lowest BCUT2D eigenvalue weighted by Gasteiger charge is -2.03. The fourth-order valence-corrected chi connectivity index (χ4v) is 2.30. The van der Waals surface area contributed by atoms with E-state index < -0.39 is 0 Å². The Labute approximate surface area is 142 Å². The standard InChI is InChI=1S/C17H25N5O2/c1-24-14-9-7-13(8-10-14)17-20-15(21-22-17)12-19-16(23)6-4-2-3-5-11-18/h7-10H,2-6,11-12,18H2,1H3,(H,19,23)(H,20,21,22). The maximum atomic E-state index is 11.8. The Balaban J connectivity index is 1.75. The number of H-pyrrole nitrogens is 1. The van der Waals surface area contributed by atoms with E-state index in [1.807, 2.05) is 24.3 Å². The molecule has 1 aromatic carbocycles. The van der Waals surface area contributed by atoms with Crippen molar-refractivity contribution in [2.24, 2.45) is 5.73 Å². The number of nitrogens with zero attached hydrogens (tertiary/aromatic N) is 2. The molecule has 0 fully saturated rings. The molecule has 1 amide bonds. The molecule has 2 rings (SSSR count). The van der Waals surface area contributed by atoms with Crippen molar-refractivity contribution in [3.8, 4) is 17.1 Å². The molecule has 0 saturated carbocycles. The fraction of sp³-hybridized carbons (Fsp3) is 0.471. The zero-order valence-corrected chi connectivity index (χ0v) is 14.0. The highest BCUT2D eigenvalue weighted by molar-refractivity contribution is 5.75. The maximum absolute atomic E-state index is 11.8. The van der Waals surface area contributed by atoms with Gasteiger partial charge in [0, 0.05) is 12.0 Å². The van der Waals surface area contributed by atoms with Crippen LogP contribution in [-0.2, 0) is 11.3 Å². The van der Waals surface area contributed by atoms with E-state index in [1.54, 1.807) is 7.11 Å². The largest absolute Gasteiger partial charge is 0.497 e. The summed E-state index contributed by atoms with van der Waals surface area (Å²) in [4.78, 5) is 16.2. The van der Waals surface area contributed by atoms with E-state index in [0.717, 1.165) is 37.0 Å². The number of nitrogens with one attached hydrogen (secondary N) is 2. The predicted octanol–water partition coefficient (Wildman–Crippen LogP) is 2.01. The van der Waals surface area contributed by atoms with Crippen molar-refractivity contribution in [2.75, 3.05) is 13.7 Å². The summed E-state index contributed by atoms with van der Waals surface area (Å²) in [6, 6.07) is 7.51. The first-order valence-electron chi connectivity index (χ1n) is 8.25. The van der Waals surface area contributed by atoms with Gasteiger partial charge in [-0.2, -0.15) is 5.10 Å². The highest BCUT2D eigenvalue weighted by atomic mass is 16.5. The number of nitrogens with two attached hydrogens (primary N) is 1. The van der Waals surface area contributed by atoms with Crippen LogP contribution >= 0.6 is 0 Å². The normalized spacial score (nSPS) is 10.6. The molecule has 7 nitrogen and oxygen atoms in total. The second-order valence-electron chi connectivity index (χ2n) is 5.56. The predicted molar refractivity (Wildman–Crippen MR) is 92.4 cm³/mol. The quantitative estimate of drug-likeness (QED) is 0.577. The molecular formula is C17H25N5O2. The minimum atomic E-state index is 0.0325. The summed E-state index contributed by atoms with van der Waals surface area (Å²) in [5.74, 6) is 2.05. The van der Waals surface area contributed by atoms with E-state index in [2.05, 4.69) is 20.5 Å². The molecule has 0 aliphatic rings. The number of carbonyl (C=O) groups is 1. The number of ether oxygens (including phenoxy) is 1. The average Bonchev–Trinajstić information content (AvgIpc) is 3.09. The Morgan fingerprint density at radius 2 is 1.96 bits per heavy atom. The first-order valence-corrected chi connectivity index (χ1v) is 8.25. The van der Waals surface area contributed by atoms with E-state index >= 15 is 0 Å². The van der Waals surface area contributed by atoms with Crippen molar-refractivity contribution < 1.29 is 9.53 Å². The summed E-state index contributed by atoms with van der Waals surface area (Å²) in [6.07, 6.45) is 4.56. The molecule has 0 aliphatic heterocycles.